The first-order valence-corrected chi connectivity index (χ1v) is 9.49. The van der Waals surface area contributed by atoms with E-state index in [1.807, 2.05) is 6.07 Å². The zero-order chi connectivity index (χ0) is 21.9. The fourth-order valence-corrected chi connectivity index (χ4v) is 3.42. The predicted octanol–water partition coefficient (Wildman–Crippen LogP) is 5.91. The van der Waals surface area contributed by atoms with Crippen molar-refractivity contribution in [2.45, 2.75) is 6.18 Å². The van der Waals surface area contributed by atoms with Crippen molar-refractivity contribution in [1.29, 1.82) is 5.26 Å². The Labute approximate surface area is 177 Å². The molecule has 10 heteroatoms. The number of aliphatic hydroxyl groups is 1. The van der Waals surface area contributed by atoms with E-state index in [2.05, 4.69) is 4.98 Å². The van der Waals surface area contributed by atoms with Crippen molar-refractivity contribution < 1.29 is 23.1 Å². The fraction of sp³-hybridized carbons (Fsp3) is 0.0500. The molecular formula is C20H11ClF3N3O2S. The number of carbonyl (C=O) groups excluding carboxylic acids is 1. The average molecular weight is 450 g/mol. The van der Waals surface area contributed by atoms with Crippen molar-refractivity contribution in [2.75, 3.05) is 5.32 Å². The number of nitriles is 1. The Bertz CT molecular complexity index is 1170. The maximum atomic E-state index is 12.6. The highest BCUT2D eigenvalue weighted by Gasteiger charge is 2.39. The van der Waals surface area contributed by atoms with E-state index in [1.165, 1.54) is 24.3 Å². The lowest BCUT2D eigenvalue weighted by Crippen LogP contribution is -2.30. The van der Waals surface area contributed by atoms with Gasteiger partial charge in [-0.2, -0.15) is 18.4 Å². The van der Waals surface area contributed by atoms with Gasteiger partial charge in [0.05, 0.1) is 11.4 Å². The molecule has 0 fully saturated rings. The van der Waals surface area contributed by atoms with Crippen molar-refractivity contribution >= 4 is 45.9 Å². The summed E-state index contributed by atoms with van der Waals surface area (Å²) in [6.07, 6.45) is -5.10. The molecule has 3 aromatic rings. The molecule has 0 radical (unpaired) electrons. The number of nitrogens with zero attached hydrogens (tertiary/aromatic N) is 2. The average Bonchev–Trinajstić information content (AvgIpc) is 3.18. The third kappa shape index (κ3) is 4.62. The highest BCUT2D eigenvalue weighted by atomic mass is 35.5. The van der Waals surface area contributed by atoms with E-state index in [-0.39, 0.29) is 21.8 Å². The van der Waals surface area contributed by atoms with E-state index in [9.17, 15) is 28.3 Å². The number of hydrogen-bond acceptors (Lipinski definition) is 5. The third-order valence-electron chi connectivity index (χ3n) is 3.89. The van der Waals surface area contributed by atoms with Gasteiger partial charge in [-0.1, -0.05) is 35.9 Å². The van der Waals surface area contributed by atoms with E-state index in [1.54, 1.807) is 35.0 Å². The molecule has 0 spiro atoms. The molecule has 1 amide bonds. The van der Waals surface area contributed by atoms with Crippen LogP contribution in [0.1, 0.15) is 10.6 Å². The van der Waals surface area contributed by atoms with E-state index in [0.717, 1.165) is 16.9 Å². The van der Waals surface area contributed by atoms with Gasteiger partial charge in [-0.05, 0) is 24.3 Å². The Kier molecular flexibility index (Phi) is 6.10. The molecule has 0 saturated carbocycles. The summed E-state index contributed by atoms with van der Waals surface area (Å²) >= 11 is 6.94. The van der Waals surface area contributed by atoms with Gasteiger partial charge >= 0.3 is 12.1 Å². The van der Waals surface area contributed by atoms with Gasteiger partial charge < -0.3 is 10.4 Å². The van der Waals surface area contributed by atoms with Gasteiger partial charge in [-0.3, -0.25) is 4.79 Å². The van der Waals surface area contributed by atoms with Crippen LogP contribution in [-0.2, 0) is 4.79 Å². The maximum Gasteiger partial charge on any atom is 0.471 e. The first-order valence-electron chi connectivity index (χ1n) is 8.23. The van der Waals surface area contributed by atoms with E-state index in [0.29, 0.717) is 10.7 Å². The number of alkyl halides is 3. The van der Waals surface area contributed by atoms with E-state index >= 15 is 0 Å². The zero-order valence-corrected chi connectivity index (χ0v) is 16.4. The van der Waals surface area contributed by atoms with Gasteiger partial charge in [0.15, 0.2) is 0 Å². The van der Waals surface area contributed by atoms with Gasteiger partial charge in [0.1, 0.15) is 22.4 Å². The number of anilines is 1. The molecule has 2 N–H and O–H groups in total. The van der Waals surface area contributed by atoms with Gasteiger partial charge in [0, 0.05) is 21.5 Å². The van der Waals surface area contributed by atoms with Crippen LogP contribution in [0, 0.1) is 11.3 Å². The first kappa shape index (κ1) is 21.4. The third-order valence-corrected chi connectivity index (χ3v) is 5.01. The molecule has 152 valence electrons. The molecule has 30 heavy (non-hydrogen) atoms. The molecule has 5 nitrogen and oxygen atoms in total. The summed E-state index contributed by atoms with van der Waals surface area (Å²) in [6, 6.07) is 13.9. The number of carbonyl (C=O) groups is 1. The Morgan fingerprint density at radius 2 is 1.83 bits per heavy atom. The van der Waals surface area contributed by atoms with Crippen LogP contribution < -0.4 is 5.32 Å². The first-order chi connectivity index (χ1) is 14.2. The highest BCUT2D eigenvalue weighted by Crippen LogP contribution is 2.33. The van der Waals surface area contributed by atoms with Crippen LogP contribution in [0.3, 0.4) is 0 Å². The van der Waals surface area contributed by atoms with Gasteiger partial charge in [-0.25, -0.2) is 4.98 Å². The van der Waals surface area contributed by atoms with Crippen molar-refractivity contribution in [3.05, 3.63) is 69.5 Å². The molecule has 0 aliphatic heterocycles. The molecule has 1 heterocycles. The Morgan fingerprint density at radius 1 is 1.17 bits per heavy atom. The van der Waals surface area contributed by atoms with E-state index < -0.39 is 17.8 Å². The summed E-state index contributed by atoms with van der Waals surface area (Å²) in [5.74, 6) is -2.80. The van der Waals surface area contributed by atoms with Crippen LogP contribution in [0.4, 0.5) is 18.9 Å². The number of benzene rings is 2. The second-order valence-corrected chi connectivity index (χ2v) is 7.17. The largest absolute Gasteiger partial charge is 0.506 e. The number of amides is 1. The number of para-hydroxylation sites is 1. The van der Waals surface area contributed by atoms with Crippen LogP contribution in [0.2, 0.25) is 5.02 Å². The summed E-state index contributed by atoms with van der Waals surface area (Å²) in [7, 11) is 0. The van der Waals surface area contributed by atoms with Gasteiger partial charge in [0.2, 0.25) is 0 Å². The topological polar surface area (TPSA) is 86.0 Å². The molecule has 3 rings (SSSR count). The SMILES string of the molecule is N#C/C(=C(/O)c1ccccc1NC(=O)C(F)(F)F)c1nc(-c2ccc(Cl)cc2)cs1. The second kappa shape index (κ2) is 8.57. The molecule has 0 atom stereocenters. The highest BCUT2D eigenvalue weighted by molar-refractivity contribution is 7.11. The minimum Gasteiger partial charge on any atom is -0.506 e. The molecule has 0 aliphatic rings. The number of aliphatic hydroxyl groups excluding tert-OH is 1. The van der Waals surface area contributed by atoms with Gasteiger partial charge in [0.25, 0.3) is 0 Å². The number of hydrogen-bond donors (Lipinski definition) is 2. The molecule has 0 unspecified atom stereocenters. The smallest absolute Gasteiger partial charge is 0.471 e. The molecule has 1 aromatic heterocycles. The summed E-state index contributed by atoms with van der Waals surface area (Å²) in [4.78, 5) is 15.6. The quantitative estimate of drug-likeness (QED) is 0.382. The predicted molar refractivity (Wildman–Crippen MR) is 109 cm³/mol. The summed E-state index contributed by atoms with van der Waals surface area (Å²) in [5, 5.41) is 24.2. The van der Waals surface area contributed by atoms with Gasteiger partial charge in [-0.15, -0.1) is 11.3 Å². The van der Waals surface area contributed by atoms with Crippen LogP contribution >= 0.6 is 22.9 Å². The Hall–Kier alpha value is -3.35. The number of rotatable bonds is 4. The lowest BCUT2D eigenvalue weighted by atomic mass is 10.1. The number of halogens is 4. The lowest BCUT2D eigenvalue weighted by Gasteiger charge is -2.12. The minimum atomic E-state index is -5.10. The minimum absolute atomic E-state index is 0.144. The van der Waals surface area contributed by atoms with Crippen molar-refractivity contribution in [3.63, 3.8) is 0 Å². The molecular weight excluding hydrogens is 439 g/mol. The normalized spacial score (nSPS) is 12.1. The standard InChI is InChI=1S/C20H11ClF3N3O2S/c21-12-7-5-11(6-8-12)16-10-30-18(26-16)14(9-25)17(28)13-3-1-2-4-15(13)27-19(29)20(22,23)24/h1-8,10,28H,(H,27,29)/b17-14-. The lowest BCUT2D eigenvalue weighted by molar-refractivity contribution is -0.167. The number of allylic oxidation sites excluding steroid dienone is 1. The number of nitrogens with one attached hydrogen (secondary N) is 1. The molecule has 2 aromatic carbocycles. The molecule has 0 saturated heterocycles. The monoisotopic (exact) mass is 449 g/mol. The fourth-order valence-electron chi connectivity index (χ4n) is 2.47. The van der Waals surface area contributed by atoms with Crippen LogP contribution in [0.25, 0.3) is 22.6 Å². The Balaban J connectivity index is 2.01. The van der Waals surface area contributed by atoms with Crippen molar-refractivity contribution in [2.24, 2.45) is 0 Å². The number of thiazole rings is 1. The summed E-state index contributed by atoms with van der Waals surface area (Å²) in [6.45, 7) is 0. The molecule has 0 aliphatic carbocycles. The number of aromatic nitrogens is 1. The van der Waals surface area contributed by atoms with Crippen LogP contribution in [0.5, 0.6) is 0 Å². The summed E-state index contributed by atoms with van der Waals surface area (Å²) in [5.41, 5.74) is 0.589. The second-order valence-electron chi connectivity index (χ2n) is 5.88. The van der Waals surface area contributed by atoms with Crippen LogP contribution in [-0.4, -0.2) is 22.2 Å². The van der Waals surface area contributed by atoms with Crippen molar-refractivity contribution in [3.8, 4) is 17.3 Å². The molecule has 0 bridgehead atoms. The maximum absolute atomic E-state index is 12.6. The summed E-state index contributed by atoms with van der Waals surface area (Å²) < 4.78 is 37.8. The Morgan fingerprint density at radius 3 is 2.47 bits per heavy atom. The zero-order valence-electron chi connectivity index (χ0n) is 14.9. The van der Waals surface area contributed by atoms with Crippen LogP contribution in [0.15, 0.2) is 53.9 Å². The van der Waals surface area contributed by atoms with E-state index in [4.69, 9.17) is 11.6 Å². The van der Waals surface area contributed by atoms with Crippen molar-refractivity contribution in [1.82, 2.24) is 4.98 Å².